The summed E-state index contributed by atoms with van der Waals surface area (Å²) in [6.45, 7) is 7.84. The van der Waals surface area contributed by atoms with Crippen LogP contribution in [0, 0.1) is 0 Å². The van der Waals surface area contributed by atoms with Crippen molar-refractivity contribution in [2.45, 2.75) is 85.2 Å². The third-order valence-electron chi connectivity index (χ3n) is 3.29. The van der Waals surface area contributed by atoms with Gasteiger partial charge in [0.15, 0.2) is 0 Å². The molecule has 1 aromatic rings. The molecular formula is C17H32N2O2. The molecule has 21 heavy (non-hydrogen) atoms. The number of carboxylic acid groups (broad SMARTS) is 1. The van der Waals surface area contributed by atoms with Gasteiger partial charge in [-0.3, -0.25) is 0 Å². The fourth-order valence-electron chi connectivity index (χ4n) is 2.12. The van der Waals surface area contributed by atoms with Gasteiger partial charge in [0, 0.05) is 5.97 Å². The van der Waals surface area contributed by atoms with Crippen molar-refractivity contribution in [1.29, 1.82) is 0 Å². The second-order valence-electron chi connectivity index (χ2n) is 5.50. The highest BCUT2D eigenvalue weighted by molar-refractivity contribution is 5.60. The first-order valence-electron chi connectivity index (χ1n) is 8.32. The molecule has 0 aliphatic carbocycles. The van der Waals surface area contributed by atoms with Crippen LogP contribution in [0.1, 0.15) is 72.1 Å². The van der Waals surface area contributed by atoms with Crippen LogP contribution in [-0.4, -0.2) is 10.5 Å². The van der Waals surface area contributed by atoms with Crippen molar-refractivity contribution < 1.29 is 14.5 Å². The molecule has 4 heteroatoms. The minimum atomic E-state index is -1.08. The number of rotatable bonds is 10. The molecule has 0 amide bonds. The maximum atomic E-state index is 8.89. The molecule has 0 atom stereocenters. The quantitative estimate of drug-likeness (QED) is 0.492. The number of aryl methyl sites for hydroxylation is 2. The number of carboxylic acids is 1. The van der Waals surface area contributed by atoms with E-state index in [4.69, 9.17) is 9.90 Å². The molecule has 0 radical (unpaired) electrons. The molecule has 0 bridgehead atoms. The fourth-order valence-corrected chi connectivity index (χ4v) is 2.12. The number of nitrogens with zero attached hydrogens (tertiary/aromatic N) is 2. The van der Waals surface area contributed by atoms with Crippen LogP contribution in [0.3, 0.4) is 0 Å². The number of hydrogen-bond donors (Lipinski definition) is 0. The Kier molecular flexibility index (Phi) is 12.8. The van der Waals surface area contributed by atoms with Crippen molar-refractivity contribution in [3.63, 3.8) is 0 Å². The summed E-state index contributed by atoms with van der Waals surface area (Å²) in [6.07, 6.45) is 17.5. The predicted octanol–water partition coefficient (Wildman–Crippen LogP) is 2.69. The van der Waals surface area contributed by atoms with Crippen LogP contribution in [0.2, 0.25) is 0 Å². The lowest BCUT2D eigenvalue weighted by Crippen LogP contribution is -2.30. The Bertz CT molecular complexity index is 357. The van der Waals surface area contributed by atoms with Crippen molar-refractivity contribution in [2.24, 2.45) is 0 Å². The molecule has 1 rings (SSSR count). The van der Waals surface area contributed by atoms with Gasteiger partial charge in [-0.05, 0) is 26.2 Å². The molecular weight excluding hydrogens is 264 g/mol. The Balaban J connectivity index is 0.000000885. The Morgan fingerprint density at radius 2 is 1.62 bits per heavy atom. The van der Waals surface area contributed by atoms with Crippen LogP contribution < -0.4 is 9.67 Å². The zero-order valence-corrected chi connectivity index (χ0v) is 14.0. The average Bonchev–Trinajstić information content (AvgIpc) is 2.87. The number of aromatic nitrogens is 2. The highest BCUT2D eigenvalue weighted by Crippen LogP contribution is 2.04. The molecule has 0 fully saturated rings. The first kappa shape index (κ1) is 19.7. The normalized spacial score (nSPS) is 10.0. The van der Waals surface area contributed by atoms with E-state index in [-0.39, 0.29) is 0 Å². The van der Waals surface area contributed by atoms with E-state index in [1.807, 2.05) is 0 Å². The van der Waals surface area contributed by atoms with Crippen LogP contribution >= 0.6 is 0 Å². The van der Waals surface area contributed by atoms with Gasteiger partial charge in [0.2, 0.25) is 6.33 Å². The molecule has 0 saturated heterocycles. The maximum Gasteiger partial charge on any atom is 0.243 e. The summed E-state index contributed by atoms with van der Waals surface area (Å²) >= 11 is 0. The summed E-state index contributed by atoms with van der Waals surface area (Å²) in [7, 11) is 0. The third kappa shape index (κ3) is 13.4. The van der Waals surface area contributed by atoms with E-state index in [0.717, 1.165) is 6.92 Å². The number of aliphatic carboxylic acids is 1. The molecule has 0 spiro atoms. The Morgan fingerprint density at radius 1 is 1.05 bits per heavy atom. The van der Waals surface area contributed by atoms with E-state index < -0.39 is 5.97 Å². The highest BCUT2D eigenvalue weighted by atomic mass is 16.4. The summed E-state index contributed by atoms with van der Waals surface area (Å²) in [5.41, 5.74) is 0. The topological polar surface area (TPSA) is 48.9 Å². The van der Waals surface area contributed by atoms with Crippen molar-refractivity contribution in [3.8, 4) is 0 Å². The third-order valence-corrected chi connectivity index (χ3v) is 3.29. The molecule has 0 N–H and O–H groups in total. The number of imidazole rings is 1. The van der Waals surface area contributed by atoms with Gasteiger partial charge < -0.3 is 9.90 Å². The number of carbonyl (C=O) groups is 1. The lowest BCUT2D eigenvalue weighted by Gasteiger charge is -1.98. The van der Waals surface area contributed by atoms with E-state index in [2.05, 4.69) is 41.7 Å². The fraction of sp³-hybridized carbons (Fsp3) is 0.765. The largest absolute Gasteiger partial charge is 0.550 e. The molecule has 1 heterocycles. The van der Waals surface area contributed by atoms with Gasteiger partial charge >= 0.3 is 0 Å². The SMILES string of the molecule is CC(=O)[O-].CCCCCCCC[n+]1ccn(CCCC)c1. The number of carbonyl (C=O) groups excluding carboxylic acids is 1. The second-order valence-corrected chi connectivity index (χ2v) is 5.50. The standard InChI is InChI=1S/C15H29N2.C2H4O2/c1-3-5-7-8-9-10-12-17-14-13-16(15-17)11-6-4-2;1-2(3)4/h13-15H,3-12H2,1-2H3;1H3,(H,3,4)/q+1;/p-1. The molecule has 0 aromatic carbocycles. The van der Waals surface area contributed by atoms with E-state index in [0.29, 0.717) is 0 Å². The van der Waals surface area contributed by atoms with Gasteiger partial charge in [-0.2, -0.15) is 0 Å². The summed E-state index contributed by atoms with van der Waals surface area (Å²) < 4.78 is 4.63. The van der Waals surface area contributed by atoms with E-state index in [1.54, 1.807) is 0 Å². The van der Waals surface area contributed by atoms with Crippen molar-refractivity contribution in [2.75, 3.05) is 0 Å². The van der Waals surface area contributed by atoms with E-state index in [9.17, 15) is 0 Å². The van der Waals surface area contributed by atoms with Gasteiger partial charge in [-0.1, -0.05) is 46.0 Å². The lowest BCUT2D eigenvalue weighted by atomic mass is 10.1. The molecule has 0 aliphatic rings. The van der Waals surface area contributed by atoms with Crippen LogP contribution in [0.4, 0.5) is 0 Å². The van der Waals surface area contributed by atoms with Gasteiger partial charge in [0.25, 0.3) is 0 Å². The first-order chi connectivity index (χ1) is 10.1. The lowest BCUT2D eigenvalue weighted by molar-refractivity contribution is -0.696. The van der Waals surface area contributed by atoms with E-state index in [1.165, 1.54) is 64.5 Å². The number of hydrogen-bond acceptors (Lipinski definition) is 2. The summed E-state index contributed by atoms with van der Waals surface area (Å²) in [4.78, 5) is 8.89. The zero-order valence-electron chi connectivity index (χ0n) is 14.0. The van der Waals surface area contributed by atoms with Crippen molar-refractivity contribution in [3.05, 3.63) is 18.7 Å². The smallest absolute Gasteiger partial charge is 0.243 e. The highest BCUT2D eigenvalue weighted by Gasteiger charge is 2.02. The van der Waals surface area contributed by atoms with Crippen LogP contribution in [0.15, 0.2) is 18.7 Å². The summed E-state index contributed by atoms with van der Waals surface area (Å²) in [6, 6.07) is 0. The molecule has 0 saturated carbocycles. The zero-order chi connectivity index (χ0) is 15.9. The Labute approximate surface area is 129 Å². The maximum absolute atomic E-state index is 8.89. The molecule has 0 unspecified atom stereocenters. The first-order valence-corrected chi connectivity index (χ1v) is 8.32. The van der Waals surface area contributed by atoms with Crippen LogP contribution in [0.25, 0.3) is 0 Å². The predicted molar refractivity (Wildman–Crippen MR) is 83.6 cm³/mol. The minimum absolute atomic E-state index is 0.972. The minimum Gasteiger partial charge on any atom is -0.550 e. The monoisotopic (exact) mass is 296 g/mol. The van der Waals surface area contributed by atoms with Crippen molar-refractivity contribution in [1.82, 2.24) is 4.57 Å². The van der Waals surface area contributed by atoms with E-state index >= 15 is 0 Å². The van der Waals surface area contributed by atoms with Gasteiger partial charge in [-0.15, -0.1) is 0 Å². The molecule has 1 aromatic heterocycles. The molecule has 0 aliphatic heterocycles. The van der Waals surface area contributed by atoms with Crippen molar-refractivity contribution >= 4 is 5.97 Å². The van der Waals surface area contributed by atoms with Gasteiger partial charge in [0.05, 0.1) is 13.1 Å². The summed E-state index contributed by atoms with van der Waals surface area (Å²) in [5, 5.41) is 8.89. The average molecular weight is 296 g/mol. The second kappa shape index (κ2) is 13.7. The Morgan fingerprint density at radius 3 is 2.24 bits per heavy atom. The molecule has 122 valence electrons. The molecule has 4 nitrogen and oxygen atoms in total. The van der Waals surface area contributed by atoms with Gasteiger partial charge in [-0.25, -0.2) is 9.13 Å². The van der Waals surface area contributed by atoms with Crippen LogP contribution in [0.5, 0.6) is 0 Å². The number of unbranched alkanes of at least 4 members (excludes halogenated alkanes) is 6. The van der Waals surface area contributed by atoms with Crippen LogP contribution in [-0.2, 0) is 17.9 Å². The Hall–Kier alpha value is -1.32. The van der Waals surface area contributed by atoms with Gasteiger partial charge in [0.1, 0.15) is 12.4 Å². The summed E-state index contributed by atoms with van der Waals surface area (Å²) in [5.74, 6) is -1.08.